The van der Waals surface area contributed by atoms with Crippen LogP contribution in [0.15, 0.2) is 18.2 Å². The van der Waals surface area contributed by atoms with Crippen LogP contribution < -0.4 is 5.32 Å². The van der Waals surface area contributed by atoms with Gasteiger partial charge in [-0.05, 0) is 84.9 Å². The zero-order valence-corrected chi connectivity index (χ0v) is 19.9. The van der Waals surface area contributed by atoms with Crippen molar-refractivity contribution in [2.75, 3.05) is 35.3 Å². The zero-order valence-electron chi connectivity index (χ0n) is 19.9. The summed E-state index contributed by atoms with van der Waals surface area (Å²) < 4.78 is 10.1. The smallest absolute Gasteiger partial charge is 0.408 e. The summed E-state index contributed by atoms with van der Waals surface area (Å²) >= 11 is 0. The molecule has 0 fully saturated rings. The molecule has 1 aromatic rings. The SMILES string of the molecule is COC(=O)C(CCCc1cc(CN(C)C)cc(CN(C)C)c1)NC(=O)OC(C)(C)C. The van der Waals surface area contributed by atoms with E-state index >= 15 is 0 Å². The van der Waals surface area contributed by atoms with Gasteiger partial charge in [0.1, 0.15) is 11.6 Å². The van der Waals surface area contributed by atoms with Crippen LogP contribution in [-0.4, -0.2) is 68.8 Å². The van der Waals surface area contributed by atoms with Gasteiger partial charge in [0.25, 0.3) is 0 Å². The number of nitrogens with zero attached hydrogens (tertiary/aromatic N) is 2. The van der Waals surface area contributed by atoms with Crippen molar-refractivity contribution in [2.24, 2.45) is 0 Å². The minimum absolute atomic E-state index is 0.462. The van der Waals surface area contributed by atoms with Gasteiger partial charge in [-0.1, -0.05) is 18.2 Å². The molecule has 7 nitrogen and oxygen atoms in total. The van der Waals surface area contributed by atoms with Crippen molar-refractivity contribution in [1.29, 1.82) is 0 Å². The predicted octanol–water partition coefficient (Wildman–Crippen LogP) is 3.20. The maximum Gasteiger partial charge on any atom is 0.408 e. The van der Waals surface area contributed by atoms with E-state index in [1.807, 2.05) is 0 Å². The average Bonchev–Trinajstić information content (AvgIpc) is 2.57. The van der Waals surface area contributed by atoms with Gasteiger partial charge in [0.15, 0.2) is 0 Å². The molecule has 0 radical (unpaired) electrons. The van der Waals surface area contributed by atoms with E-state index in [1.165, 1.54) is 23.8 Å². The molecule has 30 heavy (non-hydrogen) atoms. The lowest BCUT2D eigenvalue weighted by Gasteiger charge is -2.22. The van der Waals surface area contributed by atoms with Crippen molar-refractivity contribution in [3.05, 3.63) is 34.9 Å². The van der Waals surface area contributed by atoms with E-state index in [4.69, 9.17) is 9.47 Å². The monoisotopic (exact) mass is 421 g/mol. The molecule has 0 aromatic heterocycles. The number of carbonyl (C=O) groups is 2. The Labute approximate surface area is 181 Å². The fraction of sp³-hybridized carbons (Fsp3) is 0.652. The van der Waals surface area contributed by atoms with Crippen LogP contribution in [0.5, 0.6) is 0 Å². The molecular weight excluding hydrogens is 382 g/mol. The second-order valence-corrected chi connectivity index (χ2v) is 9.25. The van der Waals surface area contributed by atoms with E-state index in [0.717, 1.165) is 25.9 Å². The van der Waals surface area contributed by atoms with E-state index in [9.17, 15) is 9.59 Å². The van der Waals surface area contributed by atoms with Gasteiger partial charge in [-0.15, -0.1) is 0 Å². The number of amides is 1. The minimum atomic E-state index is -0.726. The number of rotatable bonds is 10. The van der Waals surface area contributed by atoms with Gasteiger partial charge >= 0.3 is 12.1 Å². The number of carbonyl (C=O) groups excluding carboxylic acids is 2. The Morgan fingerprint density at radius 3 is 1.90 bits per heavy atom. The minimum Gasteiger partial charge on any atom is -0.467 e. The molecule has 0 saturated carbocycles. The van der Waals surface area contributed by atoms with E-state index < -0.39 is 23.7 Å². The Kier molecular flexibility index (Phi) is 10.3. The Balaban J connectivity index is 2.81. The molecule has 0 aliphatic rings. The van der Waals surface area contributed by atoms with Gasteiger partial charge in [0.05, 0.1) is 7.11 Å². The first kappa shape index (κ1) is 25.9. The van der Waals surface area contributed by atoms with E-state index in [0.29, 0.717) is 6.42 Å². The summed E-state index contributed by atoms with van der Waals surface area (Å²) in [6.07, 6.45) is 1.42. The van der Waals surface area contributed by atoms with Crippen LogP contribution in [0.1, 0.15) is 50.3 Å². The van der Waals surface area contributed by atoms with E-state index in [1.54, 1.807) is 20.8 Å². The third-order valence-corrected chi connectivity index (χ3v) is 4.24. The number of benzene rings is 1. The van der Waals surface area contributed by atoms with Crippen molar-refractivity contribution in [3.63, 3.8) is 0 Å². The highest BCUT2D eigenvalue weighted by Crippen LogP contribution is 2.16. The van der Waals surface area contributed by atoms with E-state index in [2.05, 4.69) is 61.5 Å². The lowest BCUT2D eigenvalue weighted by Crippen LogP contribution is -2.44. The summed E-state index contributed by atoms with van der Waals surface area (Å²) in [6, 6.07) is 5.95. The molecule has 170 valence electrons. The zero-order chi connectivity index (χ0) is 22.9. The van der Waals surface area contributed by atoms with Crippen molar-refractivity contribution < 1.29 is 19.1 Å². The predicted molar refractivity (Wildman–Crippen MR) is 119 cm³/mol. The molecule has 1 N–H and O–H groups in total. The normalized spacial score (nSPS) is 12.7. The molecule has 0 aliphatic carbocycles. The van der Waals surface area contributed by atoms with Gasteiger partial charge in [-0.25, -0.2) is 9.59 Å². The number of nitrogens with one attached hydrogen (secondary N) is 1. The van der Waals surface area contributed by atoms with Crippen LogP contribution in [0.25, 0.3) is 0 Å². The molecule has 0 heterocycles. The number of aryl methyl sites for hydroxylation is 1. The molecule has 1 atom stereocenters. The molecule has 0 bridgehead atoms. The summed E-state index contributed by atoms with van der Waals surface area (Å²) in [5, 5.41) is 2.64. The number of alkyl carbamates (subject to hydrolysis) is 1. The van der Waals surface area contributed by atoms with Gasteiger partial charge in [0.2, 0.25) is 0 Å². The van der Waals surface area contributed by atoms with Crippen molar-refractivity contribution in [1.82, 2.24) is 15.1 Å². The number of ether oxygens (including phenoxy) is 2. The quantitative estimate of drug-likeness (QED) is 0.585. The highest BCUT2D eigenvalue weighted by Gasteiger charge is 2.24. The molecule has 1 aromatic carbocycles. The largest absolute Gasteiger partial charge is 0.467 e. The first-order valence-corrected chi connectivity index (χ1v) is 10.4. The standard InChI is InChI=1S/C23H39N3O4/c1-23(2,3)30-22(28)24-20(21(27)29-8)11-9-10-17-12-18(15-25(4)5)14-19(13-17)16-26(6)7/h12-14,20H,9-11,15-16H2,1-8H3,(H,24,28). The highest BCUT2D eigenvalue weighted by atomic mass is 16.6. The Morgan fingerprint density at radius 1 is 0.967 bits per heavy atom. The van der Waals surface area contributed by atoms with Crippen LogP contribution in [-0.2, 0) is 33.8 Å². The Hall–Kier alpha value is -2.12. The van der Waals surface area contributed by atoms with Gasteiger partial charge in [0, 0.05) is 13.1 Å². The van der Waals surface area contributed by atoms with Crippen molar-refractivity contribution in [2.45, 2.75) is 64.8 Å². The van der Waals surface area contributed by atoms with Crippen molar-refractivity contribution >= 4 is 12.1 Å². The number of esters is 1. The molecular formula is C23H39N3O4. The summed E-state index contributed by atoms with van der Waals surface area (Å²) in [4.78, 5) is 28.5. The van der Waals surface area contributed by atoms with Crippen LogP contribution in [0.2, 0.25) is 0 Å². The molecule has 0 aliphatic heterocycles. The lowest BCUT2D eigenvalue weighted by atomic mass is 9.99. The highest BCUT2D eigenvalue weighted by molar-refractivity contribution is 5.81. The lowest BCUT2D eigenvalue weighted by molar-refractivity contribution is -0.143. The molecule has 1 rings (SSSR count). The molecule has 0 saturated heterocycles. The average molecular weight is 422 g/mol. The Morgan fingerprint density at radius 2 is 1.47 bits per heavy atom. The maximum atomic E-state index is 12.1. The number of hydrogen-bond donors (Lipinski definition) is 1. The second kappa shape index (κ2) is 11.9. The molecule has 1 amide bonds. The second-order valence-electron chi connectivity index (χ2n) is 9.25. The summed E-state index contributed by atoms with van der Waals surface area (Å²) in [5.74, 6) is -0.462. The first-order valence-electron chi connectivity index (χ1n) is 10.4. The fourth-order valence-corrected chi connectivity index (χ4v) is 3.25. The van der Waals surface area contributed by atoms with Gasteiger partial charge in [-0.3, -0.25) is 0 Å². The third kappa shape index (κ3) is 10.6. The van der Waals surface area contributed by atoms with Gasteiger partial charge < -0.3 is 24.6 Å². The molecule has 7 heteroatoms. The summed E-state index contributed by atoms with van der Waals surface area (Å²) in [5.41, 5.74) is 3.14. The number of hydrogen-bond acceptors (Lipinski definition) is 6. The maximum absolute atomic E-state index is 12.1. The van der Waals surface area contributed by atoms with Crippen LogP contribution >= 0.6 is 0 Å². The van der Waals surface area contributed by atoms with Crippen LogP contribution in [0.3, 0.4) is 0 Å². The molecule has 0 spiro atoms. The number of methoxy groups -OCH3 is 1. The third-order valence-electron chi connectivity index (χ3n) is 4.24. The summed E-state index contributed by atoms with van der Waals surface area (Å²) in [7, 11) is 9.55. The molecule has 1 unspecified atom stereocenters. The summed E-state index contributed by atoms with van der Waals surface area (Å²) in [6.45, 7) is 7.10. The topological polar surface area (TPSA) is 71.1 Å². The van der Waals surface area contributed by atoms with Crippen molar-refractivity contribution in [3.8, 4) is 0 Å². The van der Waals surface area contributed by atoms with E-state index in [-0.39, 0.29) is 0 Å². The fourth-order valence-electron chi connectivity index (χ4n) is 3.25. The van der Waals surface area contributed by atoms with Crippen LogP contribution in [0, 0.1) is 0 Å². The Bertz CT molecular complexity index is 668. The van der Waals surface area contributed by atoms with Crippen LogP contribution in [0.4, 0.5) is 4.79 Å². The first-order chi connectivity index (χ1) is 13.9. The van der Waals surface area contributed by atoms with Gasteiger partial charge in [-0.2, -0.15) is 0 Å².